The maximum Gasteiger partial charge on any atom is 0.405 e. The van der Waals surface area contributed by atoms with Crippen molar-refractivity contribution < 1.29 is 27.8 Å². The highest BCUT2D eigenvalue weighted by Gasteiger charge is 2.32. The van der Waals surface area contributed by atoms with Crippen LogP contribution in [0.15, 0.2) is 22.6 Å². The van der Waals surface area contributed by atoms with E-state index in [4.69, 9.17) is 9.40 Å². The first-order chi connectivity index (χ1) is 15.8. The Morgan fingerprint density at radius 2 is 1.74 bits per heavy atom. The Labute approximate surface area is 194 Å². The third-order valence-corrected chi connectivity index (χ3v) is 5.89. The summed E-state index contributed by atoms with van der Waals surface area (Å²) < 4.78 is 44.0. The molecular formula is C23H28F3N5O3. The van der Waals surface area contributed by atoms with Crippen LogP contribution in [0.3, 0.4) is 0 Å². The van der Waals surface area contributed by atoms with Gasteiger partial charge in [-0.1, -0.05) is 25.9 Å². The number of fused-ring (bicyclic) bond motifs is 1. The normalized spacial score (nSPS) is 21.3. The largest absolute Gasteiger partial charge is 0.405 e. The zero-order chi connectivity index (χ0) is 24.8. The van der Waals surface area contributed by atoms with E-state index in [0.717, 1.165) is 16.5 Å². The number of nitrogens with zero attached hydrogens (tertiary/aromatic N) is 3. The Kier molecular flexibility index (Phi) is 6.19. The van der Waals surface area contributed by atoms with Crippen molar-refractivity contribution >= 4 is 22.6 Å². The fraction of sp³-hybridized carbons (Fsp3) is 0.522. The highest BCUT2D eigenvalue weighted by atomic mass is 19.4. The number of halogens is 3. The van der Waals surface area contributed by atoms with Crippen molar-refractivity contribution in [1.82, 2.24) is 15.2 Å². The quantitative estimate of drug-likeness (QED) is 0.431. The van der Waals surface area contributed by atoms with E-state index < -0.39 is 30.3 Å². The monoisotopic (exact) mass is 479 g/mol. The van der Waals surface area contributed by atoms with Gasteiger partial charge in [0, 0.05) is 17.1 Å². The van der Waals surface area contributed by atoms with Gasteiger partial charge >= 0.3 is 12.2 Å². The Hall–Kier alpha value is -2.92. The molecule has 4 N–H and O–H groups in total. The van der Waals surface area contributed by atoms with Crippen molar-refractivity contribution in [2.75, 3.05) is 17.2 Å². The summed E-state index contributed by atoms with van der Waals surface area (Å²) in [4.78, 5) is 4.74. The summed E-state index contributed by atoms with van der Waals surface area (Å²) in [6.45, 7) is 6.64. The lowest BCUT2D eigenvalue weighted by Crippen LogP contribution is -2.22. The molecule has 1 aliphatic carbocycles. The number of benzene rings is 1. The van der Waals surface area contributed by atoms with Gasteiger partial charge in [-0.3, -0.25) is 0 Å². The van der Waals surface area contributed by atoms with Crippen LogP contribution in [0.5, 0.6) is 0 Å². The van der Waals surface area contributed by atoms with Gasteiger partial charge in [0.2, 0.25) is 0 Å². The predicted octanol–water partition coefficient (Wildman–Crippen LogP) is 4.16. The zero-order valence-corrected chi connectivity index (χ0v) is 19.4. The molecular weight excluding hydrogens is 451 g/mol. The Morgan fingerprint density at radius 3 is 2.35 bits per heavy atom. The minimum absolute atomic E-state index is 0.156. The summed E-state index contributed by atoms with van der Waals surface area (Å²) in [5, 5.41) is 33.7. The summed E-state index contributed by atoms with van der Waals surface area (Å²) in [5.74, 6) is 0.186. The Balaban J connectivity index is 1.68. The molecule has 34 heavy (non-hydrogen) atoms. The van der Waals surface area contributed by atoms with Crippen LogP contribution in [0.2, 0.25) is 0 Å². The van der Waals surface area contributed by atoms with Gasteiger partial charge in [0.05, 0.1) is 17.7 Å². The van der Waals surface area contributed by atoms with Crippen molar-refractivity contribution in [3.05, 3.63) is 29.3 Å². The van der Waals surface area contributed by atoms with Crippen LogP contribution in [-0.4, -0.2) is 56.4 Å². The summed E-state index contributed by atoms with van der Waals surface area (Å²) in [6.07, 6.45) is -5.18. The van der Waals surface area contributed by atoms with Crippen molar-refractivity contribution in [3.63, 3.8) is 0 Å². The zero-order valence-electron chi connectivity index (χ0n) is 19.4. The molecule has 184 valence electrons. The number of aliphatic hydroxyl groups is 2. The molecule has 0 amide bonds. The number of alkyl halides is 3. The molecule has 11 heteroatoms. The molecule has 1 fully saturated rings. The van der Waals surface area contributed by atoms with Crippen LogP contribution in [0.1, 0.15) is 44.7 Å². The standard InChI is InChI=1S/C23H28F3N5O3/c1-11-5-16(20-30-31-21(34-20)28-13-8-17(32)18(33)9-13)29-19-14(11)6-12(27-10-23(24,25)26)7-15(19)22(2,3)4/h5-7,13,17-18,27,32-33H,8-10H2,1-4H3,(H,28,31)/t13?,17-,18+. The maximum atomic E-state index is 12.7. The summed E-state index contributed by atoms with van der Waals surface area (Å²) in [6, 6.07) is 5.08. The molecule has 1 aliphatic rings. The van der Waals surface area contributed by atoms with Crippen LogP contribution >= 0.6 is 0 Å². The topological polar surface area (TPSA) is 116 Å². The number of anilines is 2. The van der Waals surface area contributed by atoms with E-state index in [2.05, 4.69) is 20.8 Å². The highest BCUT2D eigenvalue weighted by molar-refractivity contribution is 5.90. The summed E-state index contributed by atoms with van der Waals surface area (Å²) >= 11 is 0. The lowest BCUT2D eigenvalue weighted by atomic mass is 9.84. The number of hydrogen-bond acceptors (Lipinski definition) is 8. The smallest absolute Gasteiger partial charge is 0.402 e. The summed E-state index contributed by atoms with van der Waals surface area (Å²) in [7, 11) is 0. The van der Waals surface area contributed by atoms with Crippen LogP contribution in [0.25, 0.3) is 22.5 Å². The van der Waals surface area contributed by atoms with Crippen molar-refractivity contribution in [2.45, 2.75) is 70.4 Å². The maximum absolute atomic E-state index is 12.7. The number of aromatic nitrogens is 3. The first kappa shape index (κ1) is 24.2. The van der Waals surface area contributed by atoms with Gasteiger partial charge in [-0.2, -0.15) is 13.2 Å². The third kappa shape index (κ3) is 5.25. The van der Waals surface area contributed by atoms with Gasteiger partial charge in [0.1, 0.15) is 12.2 Å². The Bertz CT molecular complexity index is 1180. The Morgan fingerprint density at radius 1 is 1.06 bits per heavy atom. The van der Waals surface area contributed by atoms with Gasteiger partial charge in [-0.15, -0.1) is 5.10 Å². The van der Waals surface area contributed by atoms with E-state index >= 15 is 0 Å². The fourth-order valence-corrected chi connectivity index (χ4v) is 4.15. The highest BCUT2D eigenvalue weighted by Crippen LogP contribution is 2.36. The molecule has 1 saturated carbocycles. The van der Waals surface area contributed by atoms with Gasteiger partial charge in [0.15, 0.2) is 0 Å². The molecule has 0 radical (unpaired) electrons. The van der Waals surface area contributed by atoms with Gasteiger partial charge in [-0.05, 0) is 54.5 Å². The average Bonchev–Trinajstić information content (AvgIpc) is 3.31. The molecule has 0 bridgehead atoms. The molecule has 0 saturated heterocycles. The number of rotatable bonds is 5. The molecule has 3 atom stereocenters. The van der Waals surface area contributed by atoms with E-state index in [9.17, 15) is 23.4 Å². The van der Waals surface area contributed by atoms with Gasteiger partial charge in [0.25, 0.3) is 5.89 Å². The minimum Gasteiger partial charge on any atom is -0.402 e. The second kappa shape index (κ2) is 8.70. The van der Waals surface area contributed by atoms with Crippen molar-refractivity contribution in [1.29, 1.82) is 0 Å². The summed E-state index contributed by atoms with van der Waals surface area (Å²) in [5.41, 5.74) is 2.66. The first-order valence-electron chi connectivity index (χ1n) is 11.0. The van der Waals surface area contributed by atoms with Crippen LogP contribution in [0, 0.1) is 6.92 Å². The molecule has 4 rings (SSSR count). The van der Waals surface area contributed by atoms with E-state index in [0.29, 0.717) is 29.7 Å². The number of aliphatic hydroxyl groups excluding tert-OH is 2. The van der Waals surface area contributed by atoms with Crippen molar-refractivity contribution in [3.8, 4) is 11.6 Å². The molecule has 1 aromatic carbocycles. The van der Waals surface area contributed by atoms with E-state index in [1.165, 1.54) is 0 Å². The van der Waals surface area contributed by atoms with E-state index in [-0.39, 0.29) is 17.9 Å². The fourth-order valence-electron chi connectivity index (χ4n) is 4.15. The first-order valence-corrected chi connectivity index (χ1v) is 11.0. The van der Waals surface area contributed by atoms with Gasteiger partial charge < -0.3 is 25.3 Å². The number of pyridine rings is 1. The van der Waals surface area contributed by atoms with Crippen molar-refractivity contribution in [2.24, 2.45) is 0 Å². The van der Waals surface area contributed by atoms with E-state index in [1.54, 1.807) is 18.2 Å². The van der Waals surface area contributed by atoms with E-state index in [1.807, 2.05) is 27.7 Å². The molecule has 0 aliphatic heterocycles. The van der Waals surface area contributed by atoms with Gasteiger partial charge in [-0.25, -0.2) is 4.98 Å². The third-order valence-electron chi connectivity index (χ3n) is 5.89. The lowest BCUT2D eigenvalue weighted by molar-refractivity contribution is -0.115. The average molecular weight is 480 g/mol. The van der Waals surface area contributed by atoms with Crippen LogP contribution in [0.4, 0.5) is 24.9 Å². The molecule has 1 unspecified atom stereocenters. The molecule has 0 spiro atoms. The predicted molar refractivity (Wildman–Crippen MR) is 122 cm³/mol. The molecule has 8 nitrogen and oxygen atoms in total. The second-order valence-electron chi connectivity index (χ2n) is 9.82. The number of nitrogens with one attached hydrogen (secondary N) is 2. The molecule has 3 aromatic rings. The molecule has 2 aromatic heterocycles. The molecule has 2 heterocycles. The number of hydrogen-bond donors (Lipinski definition) is 4. The lowest BCUT2D eigenvalue weighted by Gasteiger charge is -2.23. The van der Waals surface area contributed by atoms with Crippen LogP contribution < -0.4 is 10.6 Å². The minimum atomic E-state index is -4.33. The second-order valence-corrected chi connectivity index (χ2v) is 9.82. The SMILES string of the molecule is Cc1cc(-c2nnc(NC3C[C@@H](O)[C@@H](O)C3)o2)nc2c(C(C)(C)C)cc(NCC(F)(F)F)cc12. The number of aryl methyl sites for hydroxylation is 1. The van der Waals surface area contributed by atoms with Crippen LogP contribution in [-0.2, 0) is 5.41 Å².